The van der Waals surface area contributed by atoms with E-state index in [9.17, 15) is 12.8 Å². The fourth-order valence-corrected chi connectivity index (χ4v) is 3.67. The molecular formula is C15H21F2NO2S. The van der Waals surface area contributed by atoms with E-state index in [-0.39, 0.29) is 6.42 Å². The van der Waals surface area contributed by atoms with Crippen molar-refractivity contribution in [3.8, 4) is 0 Å². The number of benzene rings is 1. The van der Waals surface area contributed by atoms with E-state index in [1.54, 1.807) is 13.8 Å². The molecule has 0 aliphatic heterocycles. The van der Waals surface area contributed by atoms with E-state index in [1.165, 1.54) is 24.3 Å². The first kappa shape index (κ1) is 16.4. The molecule has 2 atom stereocenters. The summed E-state index contributed by atoms with van der Waals surface area (Å²) in [5, 5.41) is -0.614. The van der Waals surface area contributed by atoms with E-state index in [0.29, 0.717) is 18.4 Å². The summed E-state index contributed by atoms with van der Waals surface area (Å²) < 4.78 is 55.0. The highest BCUT2D eigenvalue weighted by atomic mass is 32.2. The van der Waals surface area contributed by atoms with E-state index in [2.05, 4.69) is 4.72 Å². The molecule has 0 radical (unpaired) electrons. The molecule has 0 bridgehead atoms. The summed E-state index contributed by atoms with van der Waals surface area (Å²) in [6, 6.07) is 4.41. The first-order chi connectivity index (χ1) is 9.75. The van der Waals surface area contributed by atoms with Gasteiger partial charge in [-0.2, -0.15) is 0 Å². The molecular weight excluding hydrogens is 296 g/mol. The number of nitrogens with one attached hydrogen (secondary N) is 1. The Hall–Kier alpha value is -1.01. The maximum Gasteiger partial charge on any atom is 0.214 e. The van der Waals surface area contributed by atoms with Crippen LogP contribution in [0.1, 0.15) is 45.1 Å². The standard InChI is InChI=1S/C15H21F2NO2S/c1-11(2)21(19,20)18-14-5-3-4-10-15(14,17)12-6-8-13(16)9-7-12/h6-9,11,14,18H,3-5,10H2,1-2H3. The second-order valence-corrected chi connectivity index (χ2v) is 8.15. The summed E-state index contributed by atoms with van der Waals surface area (Å²) in [4.78, 5) is 0. The molecule has 0 amide bonds. The zero-order chi connectivity index (χ0) is 15.7. The molecule has 1 saturated carbocycles. The minimum atomic E-state index is -3.55. The highest BCUT2D eigenvalue weighted by molar-refractivity contribution is 7.90. The summed E-state index contributed by atoms with van der Waals surface area (Å²) in [7, 11) is -3.55. The van der Waals surface area contributed by atoms with E-state index in [0.717, 1.165) is 6.42 Å². The molecule has 2 unspecified atom stereocenters. The predicted molar refractivity (Wildman–Crippen MR) is 78.6 cm³/mol. The van der Waals surface area contributed by atoms with Gasteiger partial charge in [0.1, 0.15) is 5.82 Å². The van der Waals surface area contributed by atoms with Gasteiger partial charge in [0.2, 0.25) is 10.0 Å². The van der Waals surface area contributed by atoms with Gasteiger partial charge in [-0.05, 0) is 50.8 Å². The van der Waals surface area contributed by atoms with E-state index < -0.39 is 32.8 Å². The van der Waals surface area contributed by atoms with Crippen LogP contribution in [0.25, 0.3) is 0 Å². The minimum absolute atomic E-state index is 0.240. The van der Waals surface area contributed by atoms with Gasteiger partial charge >= 0.3 is 0 Å². The van der Waals surface area contributed by atoms with Crippen LogP contribution < -0.4 is 4.72 Å². The minimum Gasteiger partial charge on any atom is -0.237 e. The Balaban J connectivity index is 2.32. The van der Waals surface area contributed by atoms with Gasteiger partial charge in [-0.3, -0.25) is 0 Å². The summed E-state index contributed by atoms with van der Waals surface area (Å²) in [5.41, 5.74) is -1.45. The van der Waals surface area contributed by atoms with Crippen molar-refractivity contribution in [2.24, 2.45) is 0 Å². The maximum absolute atomic E-state index is 15.4. The van der Waals surface area contributed by atoms with Gasteiger partial charge in [-0.25, -0.2) is 21.9 Å². The fourth-order valence-electron chi connectivity index (χ4n) is 2.69. The van der Waals surface area contributed by atoms with Crippen LogP contribution in [0.2, 0.25) is 0 Å². The van der Waals surface area contributed by atoms with Crippen LogP contribution in [0.4, 0.5) is 8.78 Å². The third-order valence-electron chi connectivity index (χ3n) is 4.09. The van der Waals surface area contributed by atoms with Crippen LogP contribution in [-0.2, 0) is 15.7 Å². The third kappa shape index (κ3) is 3.43. The van der Waals surface area contributed by atoms with Crippen LogP contribution >= 0.6 is 0 Å². The van der Waals surface area contributed by atoms with Crippen molar-refractivity contribution >= 4 is 10.0 Å². The molecule has 0 spiro atoms. The summed E-state index contributed by atoms with van der Waals surface area (Å²) in [6.45, 7) is 3.12. The third-order valence-corrected chi connectivity index (χ3v) is 5.94. The first-order valence-electron chi connectivity index (χ1n) is 7.22. The number of sulfonamides is 1. The Morgan fingerprint density at radius 3 is 2.43 bits per heavy atom. The lowest BCUT2D eigenvalue weighted by Crippen LogP contribution is -2.51. The molecule has 3 nitrogen and oxygen atoms in total. The van der Waals surface area contributed by atoms with Gasteiger partial charge in [0.25, 0.3) is 0 Å². The maximum atomic E-state index is 15.4. The summed E-state index contributed by atoms with van der Waals surface area (Å²) in [6.07, 6.45) is 2.15. The van der Waals surface area contributed by atoms with Gasteiger partial charge in [0.05, 0.1) is 11.3 Å². The lowest BCUT2D eigenvalue weighted by molar-refractivity contribution is 0.0711. The quantitative estimate of drug-likeness (QED) is 0.926. The Bertz CT molecular complexity index is 586. The number of halogens is 2. The number of rotatable bonds is 4. The largest absolute Gasteiger partial charge is 0.237 e. The molecule has 1 N–H and O–H groups in total. The normalized spacial score (nSPS) is 27.0. The fraction of sp³-hybridized carbons (Fsp3) is 0.600. The highest BCUT2D eigenvalue weighted by Crippen LogP contribution is 2.41. The van der Waals surface area contributed by atoms with Crippen molar-refractivity contribution in [1.82, 2.24) is 4.72 Å². The zero-order valence-electron chi connectivity index (χ0n) is 12.3. The van der Waals surface area contributed by atoms with Crippen LogP contribution in [0.5, 0.6) is 0 Å². The molecule has 1 aliphatic carbocycles. The Labute approximate surface area is 124 Å². The summed E-state index contributed by atoms with van der Waals surface area (Å²) >= 11 is 0. The van der Waals surface area contributed by atoms with Crippen molar-refractivity contribution in [2.45, 2.75) is 56.5 Å². The van der Waals surface area contributed by atoms with Gasteiger partial charge in [0.15, 0.2) is 5.67 Å². The lowest BCUT2D eigenvalue weighted by Gasteiger charge is -2.38. The van der Waals surface area contributed by atoms with E-state index in [1.807, 2.05) is 0 Å². The molecule has 1 fully saturated rings. The van der Waals surface area contributed by atoms with Crippen molar-refractivity contribution in [3.63, 3.8) is 0 Å². The van der Waals surface area contributed by atoms with Gasteiger partial charge in [0, 0.05) is 0 Å². The molecule has 1 aliphatic rings. The van der Waals surface area contributed by atoms with Crippen LogP contribution in [0.3, 0.4) is 0 Å². The van der Waals surface area contributed by atoms with Gasteiger partial charge in [-0.15, -0.1) is 0 Å². The predicted octanol–water partition coefficient (Wildman–Crippen LogP) is 3.26. The molecule has 0 saturated heterocycles. The Morgan fingerprint density at radius 2 is 1.86 bits per heavy atom. The second-order valence-electron chi connectivity index (χ2n) is 5.88. The van der Waals surface area contributed by atoms with Crippen LogP contribution in [-0.4, -0.2) is 19.7 Å². The van der Waals surface area contributed by atoms with E-state index in [4.69, 9.17) is 0 Å². The molecule has 2 rings (SSSR count). The first-order valence-corrected chi connectivity index (χ1v) is 8.76. The van der Waals surface area contributed by atoms with E-state index >= 15 is 4.39 Å². The topological polar surface area (TPSA) is 46.2 Å². The SMILES string of the molecule is CC(C)S(=O)(=O)NC1CCCCC1(F)c1ccc(F)cc1. The highest BCUT2D eigenvalue weighted by Gasteiger charge is 2.44. The molecule has 118 valence electrons. The molecule has 0 heterocycles. The zero-order valence-corrected chi connectivity index (χ0v) is 13.1. The molecule has 6 heteroatoms. The van der Waals surface area contributed by atoms with Crippen molar-refractivity contribution in [1.29, 1.82) is 0 Å². The monoisotopic (exact) mass is 317 g/mol. The lowest BCUT2D eigenvalue weighted by atomic mass is 9.77. The Kier molecular flexibility index (Phi) is 4.68. The summed E-state index contributed by atoms with van der Waals surface area (Å²) in [5.74, 6) is -0.433. The number of alkyl halides is 1. The van der Waals surface area contributed by atoms with Gasteiger partial charge in [-0.1, -0.05) is 18.6 Å². The second kappa shape index (κ2) is 6.01. The number of hydrogen-bond donors (Lipinski definition) is 1. The average Bonchev–Trinajstić information content (AvgIpc) is 2.42. The van der Waals surface area contributed by atoms with Gasteiger partial charge < -0.3 is 0 Å². The molecule has 1 aromatic carbocycles. The average molecular weight is 317 g/mol. The molecule has 0 aromatic heterocycles. The van der Waals surface area contributed by atoms with Crippen LogP contribution in [0, 0.1) is 5.82 Å². The smallest absolute Gasteiger partial charge is 0.214 e. The number of hydrogen-bond acceptors (Lipinski definition) is 2. The van der Waals surface area contributed by atoms with Crippen molar-refractivity contribution in [3.05, 3.63) is 35.6 Å². The van der Waals surface area contributed by atoms with Crippen molar-refractivity contribution in [2.75, 3.05) is 0 Å². The molecule has 21 heavy (non-hydrogen) atoms. The van der Waals surface area contributed by atoms with Crippen LogP contribution in [0.15, 0.2) is 24.3 Å². The molecule has 1 aromatic rings. The van der Waals surface area contributed by atoms with Crippen molar-refractivity contribution < 1.29 is 17.2 Å². The Morgan fingerprint density at radius 1 is 1.24 bits per heavy atom.